The Hall–Kier alpha value is -2.95. The number of aromatic nitrogens is 3. The lowest BCUT2D eigenvalue weighted by atomic mass is 10.00. The summed E-state index contributed by atoms with van der Waals surface area (Å²) in [5, 5.41) is 3.42. The Morgan fingerprint density at radius 3 is 2.52 bits per heavy atom. The van der Waals surface area contributed by atoms with Crippen LogP contribution < -0.4 is 10.2 Å². The molecule has 27 heavy (non-hydrogen) atoms. The van der Waals surface area contributed by atoms with E-state index in [4.69, 9.17) is 9.97 Å². The lowest BCUT2D eigenvalue weighted by Gasteiger charge is -2.30. The van der Waals surface area contributed by atoms with E-state index in [1.54, 1.807) is 0 Å². The predicted octanol–water partition coefficient (Wildman–Crippen LogP) is 4.39. The average Bonchev–Trinajstić information content (AvgIpc) is 2.74. The van der Waals surface area contributed by atoms with E-state index in [0.717, 1.165) is 47.7 Å². The van der Waals surface area contributed by atoms with Crippen molar-refractivity contribution in [3.8, 4) is 11.3 Å². The summed E-state index contributed by atoms with van der Waals surface area (Å²) < 4.78 is 0. The monoisotopic (exact) mass is 359 g/mol. The van der Waals surface area contributed by atoms with Crippen LogP contribution in [0.25, 0.3) is 11.3 Å². The van der Waals surface area contributed by atoms with Crippen molar-refractivity contribution in [1.82, 2.24) is 15.0 Å². The van der Waals surface area contributed by atoms with Crippen LogP contribution in [0.5, 0.6) is 0 Å². The van der Waals surface area contributed by atoms with E-state index in [1.165, 1.54) is 12.8 Å². The molecule has 4 rings (SSSR count). The molecule has 1 aliphatic heterocycles. The standard InChI is InChI=1S/C22H25N5/c1-17-10-13-27(14-11-17)22-25-20(18-7-3-2-4-8-18)15-21(26-22)24-16-19-9-5-6-12-23-19/h2-9,12,15,17H,10-11,13-14,16H2,1H3,(H,24,25,26). The van der Waals surface area contributed by atoms with Gasteiger partial charge in [0.25, 0.3) is 0 Å². The van der Waals surface area contributed by atoms with Crippen LogP contribution in [-0.2, 0) is 6.54 Å². The minimum Gasteiger partial charge on any atom is -0.364 e. The van der Waals surface area contributed by atoms with Crippen molar-refractivity contribution in [2.75, 3.05) is 23.3 Å². The van der Waals surface area contributed by atoms with Crippen LogP contribution in [0.1, 0.15) is 25.5 Å². The second-order valence-corrected chi connectivity index (χ2v) is 7.15. The number of rotatable bonds is 5. The number of piperidine rings is 1. The highest BCUT2D eigenvalue weighted by atomic mass is 15.3. The summed E-state index contributed by atoms with van der Waals surface area (Å²) in [6, 6.07) is 18.3. The first-order valence-electron chi connectivity index (χ1n) is 9.61. The number of nitrogens with one attached hydrogen (secondary N) is 1. The molecule has 0 aliphatic carbocycles. The smallest absolute Gasteiger partial charge is 0.227 e. The van der Waals surface area contributed by atoms with Gasteiger partial charge in [-0.3, -0.25) is 4.98 Å². The van der Waals surface area contributed by atoms with Gasteiger partial charge < -0.3 is 10.2 Å². The molecule has 0 bridgehead atoms. The third-order valence-corrected chi connectivity index (χ3v) is 5.03. The molecule has 0 atom stereocenters. The van der Waals surface area contributed by atoms with Gasteiger partial charge in [-0.05, 0) is 30.9 Å². The largest absolute Gasteiger partial charge is 0.364 e. The van der Waals surface area contributed by atoms with Crippen molar-refractivity contribution in [2.45, 2.75) is 26.3 Å². The van der Waals surface area contributed by atoms with Crippen molar-refractivity contribution in [1.29, 1.82) is 0 Å². The molecule has 1 aliphatic rings. The lowest BCUT2D eigenvalue weighted by molar-refractivity contribution is 0.434. The average molecular weight is 359 g/mol. The molecule has 3 aromatic rings. The SMILES string of the molecule is CC1CCN(c2nc(NCc3ccccn3)cc(-c3ccccc3)n2)CC1. The second kappa shape index (κ2) is 8.16. The summed E-state index contributed by atoms with van der Waals surface area (Å²) in [5.41, 5.74) is 3.04. The van der Waals surface area contributed by atoms with Gasteiger partial charge in [0.05, 0.1) is 17.9 Å². The van der Waals surface area contributed by atoms with Gasteiger partial charge in [0.15, 0.2) is 0 Å². The summed E-state index contributed by atoms with van der Waals surface area (Å²) in [5.74, 6) is 2.43. The topological polar surface area (TPSA) is 53.9 Å². The Kier molecular flexibility index (Phi) is 5.28. The normalized spacial score (nSPS) is 14.9. The van der Waals surface area contributed by atoms with Gasteiger partial charge >= 0.3 is 0 Å². The van der Waals surface area contributed by atoms with Crippen LogP contribution in [0, 0.1) is 5.92 Å². The van der Waals surface area contributed by atoms with Gasteiger partial charge in [0.2, 0.25) is 5.95 Å². The molecule has 5 nitrogen and oxygen atoms in total. The highest BCUT2D eigenvalue weighted by Crippen LogP contribution is 2.26. The molecule has 0 unspecified atom stereocenters. The Labute approximate surface area is 160 Å². The fourth-order valence-electron chi connectivity index (χ4n) is 3.32. The molecule has 138 valence electrons. The van der Waals surface area contributed by atoms with Crippen molar-refractivity contribution >= 4 is 11.8 Å². The predicted molar refractivity (Wildman–Crippen MR) is 110 cm³/mol. The summed E-state index contributed by atoms with van der Waals surface area (Å²) in [6.07, 6.45) is 4.19. The minimum atomic E-state index is 0.641. The van der Waals surface area contributed by atoms with Crippen LogP contribution >= 0.6 is 0 Å². The Morgan fingerprint density at radius 2 is 1.78 bits per heavy atom. The number of hydrogen-bond donors (Lipinski definition) is 1. The van der Waals surface area contributed by atoms with Gasteiger partial charge in [-0.1, -0.05) is 43.3 Å². The van der Waals surface area contributed by atoms with Crippen molar-refractivity contribution in [3.63, 3.8) is 0 Å². The zero-order valence-electron chi connectivity index (χ0n) is 15.7. The maximum Gasteiger partial charge on any atom is 0.227 e. The fraction of sp³-hybridized carbons (Fsp3) is 0.318. The molecular weight excluding hydrogens is 334 g/mol. The van der Waals surface area contributed by atoms with E-state index in [9.17, 15) is 0 Å². The van der Waals surface area contributed by atoms with Crippen LogP contribution in [0.2, 0.25) is 0 Å². The van der Waals surface area contributed by atoms with Crippen molar-refractivity contribution < 1.29 is 0 Å². The third kappa shape index (κ3) is 4.42. The van der Waals surface area contributed by atoms with E-state index in [1.807, 2.05) is 48.7 Å². The fourth-order valence-corrected chi connectivity index (χ4v) is 3.32. The molecular formula is C22H25N5. The lowest BCUT2D eigenvalue weighted by Crippen LogP contribution is -2.34. The molecule has 0 radical (unpaired) electrons. The summed E-state index contributed by atoms with van der Waals surface area (Å²) >= 11 is 0. The van der Waals surface area contributed by atoms with Gasteiger partial charge in [0, 0.05) is 30.9 Å². The van der Waals surface area contributed by atoms with Crippen LogP contribution in [0.15, 0.2) is 60.8 Å². The van der Waals surface area contributed by atoms with Crippen LogP contribution in [0.4, 0.5) is 11.8 Å². The van der Waals surface area contributed by atoms with Gasteiger partial charge in [-0.25, -0.2) is 4.98 Å². The number of pyridine rings is 1. The van der Waals surface area contributed by atoms with E-state index < -0.39 is 0 Å². The van der Waals surface area contributed by atoms with Gasteiger partial charge in [-0.15, -0.1) is 0 Å². The quantitative estimate of drug-likeness (QED) is 0.732. The molecule has 1 N–H and O–H groups in total. The van der Waals surface area contributed by atoms with Crippen LogP contribution in [0.3, 0.4) is 0 Å². The third-order valence-electron chi connectivity index (χ3n) is 5.03. The van der Waals surface area contributed by atoms with Crippen molar-refractivity contribution in [2.24, 2.45) is 5.92 Å². The second-order valence-electron chi connectivity index (χ2n) is 7.15. The van der Waals surface area contributed by atoms with E-state index in [0.29, 0.717) is 6.54 Å². The molecule has 1 aromatic carbocycles. The van der Waals surface area contributed by atoms with Gasteiger partial charge in [-0.2, -0.15) is 4.98 Å². The maximum absolute atomic E-state index is 4.87. The molecule has 3 heterocycles. The van der Waals surface area contributed by atoms with E-state index in [2.05, 4.69) is 34.3 Å². The molecule has 1 fully saturated rings. The van der Waals surface area contributed by atoms with Gasteiger partial charge in [0.1, 0.15) is 5.82 Å². The molecule has 2 aromatic heterocycles. The van der Waals surface area contributed by atoms with Crippen LogP contribution in [-0.4, -0.2) is 28.0 Å². The molecule has 5 heteroatoms. The zero-order chi connectivity index (χ0) is 18.5. The highest BCUT2D eigenvalue weighted by Gasteiger charge is 2.19. The Morgan fingerprint density at radius 1 is 1.00 bits per heavy atom. The maximum atomic E-state index is 4.87. The van der Waals surface area contributed by atoms with E-state index in [-0.39, 0.29) is 0 Å². The molecule has 1 saturated heterocycles. The Bertz CT molecular complexity index is 858. The minimum absolute atomic E-state index is 0.641. The number of anilines is 2. The van der Waals surface area contributed by atoms with E-state index >= 15 is 0 Å². The molecule has 0 spiro atoms. The first kappa shape index (κ1) is 17.5. The number of hydrogen-bond acceptors (Lipinski definition) is 5. The highest BCUT2D eigenvalue weighted by molar-refractivity contribution is 5.64. The summed E-state index contributed by atoms with van der Waals surface area (Å²) in [4.78, 5) is 16.3. The first-order chi connectivity index (χ1) is 13.3. The van der Waals surface area contributed by atoms with Crippen molar-refractivity contribution in [3.05, 3.63) is 66.5 Å². The molecule has 0 amide bonds. The molecule has 0 saturated carbocycles. The Balaban J connectivity index is 1.62. The summed E-state index contributed by atoms with van der Waals surface area (Å²) in [7, 11) is 0. The number of benzene rings is 1. The zero-order valence-corrected chi connectivity index (χ0v) is 15.7. The number of nitrogens with zero attached hydrogens (tertiary/aromatic N) is 4. The first-order valence-corrected chi connectivity index (χ1v) is 9.61. The summed E-state index contributed by atoms with van der Waals surface area (Å²) in [6.45, 7) is 4.99.